The minimum absolute atomic E-state index is 0.0407. The highest BCUT2D eigenvalue weighted by Gasteiger charge is 2.32. The summed E-state index contributed by atoms with van der Waals surface area (Å²) < 4.78 is 18.1. The minimum atomic E-state index is 0.0407. The van der Waals surface area contributed by atoms with Gasteiger partial charge in [0.05, 0.1) is 32.1 Å². The normalized spacial score (nSPS) is 23.4. The first-order valence-corrected chi connectivity index (χ1v) is 10.5. The van der Waals surface area contributed by atoms with Crippen LogP contribution >= 0.6 is 15.9 Å². The average molecular weight is 435 g/mol. The number of nitrogens with zero attached hydrogens (tertiary/aromatic N) is 1. The van der Waals surface area contributed by atoms with Crippen molar-refractivity contribution in [3.63, 3.8) is 0 Å². The van der Waals surface area contributed by atoms with Crippen LogP contribution in [0.1, 0.15) is 23.8 Å². The third-order valence-electron chi connectivity index (χ3n) is 5.59. The molecule has 6 heteroatoms. The monoisotopic (exact) mass is 434 g/mol. The standard InChI is InChI=1S/C21H27BrN2O3/c22-18-5-3-16(4-6-18)21(20-2-1-10-27-20)23-14-19(17-7-11-26-15-17)24-8-12-25-13-9-24/h1-6,10,17,19,21,23H,7-9,11-15H2/t17-,19+,21-/m0/s1. The van der Waals surface area contributed by atoms with Gasteiger partial charge in [-0.2, -0.15) is 0 Å². The number of ether oxygens (including phenoxy) is 2. The second-order valence-corrected chi connectivity index (χ2v) is 8.16. The number of halogens is 1. The zero-order valence-electron chi connectivity index (χ0n) is 15.5. The van der Waals surface area contributed by atoms with Gasteiger partial charge in [-0.25, -0.2) is 0 Å². The minimum Gasteiger partial charge on any atom is -0.467 e. The Bertz CT molecular complexity index is 680. The molecule has 4 rings (SSSR count). The lowest BCUT2D eigenvalue weighted by molar-refractivity contribution is 0.000923. The van der Waals surface area contributed by atoms with Gasteiger partial charge in [-0.1, -0.05) is 28.1 Å². The number of nitrogens with one attached hydrogen (secondary N) is 1. The number of furan rings is 1. The molecule has 146 valence electrons. The van der Waals surface area contributed by atoms with E-state index in [-0.39, 0.29) is 6.04 Å². The maximum atomic E-state index is 5.75. The van der Waals surface area contributed by atoms with Crippen LogP contribution < -0.4 is 5.32 Å². The maximum Gasteiger partial charge on any atom is 0.125 e. The zero-order chi connectivity index (χ0) is 18.5. The molecule has 3 atom stereocenters. The van der Waals surface area contributed by atoms with E-state index in [1.165, 1.54) is 5.56 Å². The molecule has 0 spiro atoms. The molecule has 1 aromatic heterocycles. The smallest absolute Gasteiger partial charge is 0.125 e. The SMILES string of the molecule is Brc1ccc([C@H](NC[C@H]([C@H]2CCOC2)N2CCOCC2)c2ccco2)cc1. The first-order valence-electron chi connectivity index (χ1n) is 9.73. The molecule has 0 radical (unpaired) electrons. The molecule has 0 saturated carbocycles. The summed E-state index contributed by atoms with van der Waals surface area (Å²) in [6.45, 7) is 6.25. The van der Waals surface area contributed by atoms with Crippen LogP contribution in [0.4, 0.5) is 0 Å². The van der Waals surface area contributed by atoms with Gasteiger partial charge in [-0.05, 0) is 36.2 Å². The first kappa shape index (κ1) is 19.2. The molecule has 1 aromatic carbocycles. The number of hydrogen-bond acceptors (Lipinski definition) is 5. The van der Waals surface area contributed by atoms with E-state index in [9.17, 15) is 0 Å². The Labute approximate surface area is 169 Å². The lowest BCUT2D eigenvalue weighted by Crippen LogP contribution is -2.52. The molecular weight excluding hydrogens is 408 g/mol. The zero-order valence-corrected chi connectivity index (χ0v) is 17.1. The van der Waals surface area contributed by atoms with E-state index in [1.54, 1.807) is 6.26 Å². The van der Waals surface area contributed by atoms with Crippen LogP contribution in [0.5, 0.6) is 0 Å². The molecular formula is C21H27BrN2O3. The number of morpholine rings is 1. The first-order chi connectivity index (χ1) is 13.3. The van der Waals surface area contributed by atoms with Crippen LogP contribution in [0.15, 0.2) is 51.6 Å². The molecule has 0 unspecified atom stereocenters. The maximum absolute atomic E-state index is 5.75. The Kier molecular flexibility index (Phi) is 6.63. The summed E-state index contributed by atoms with van der Waals surface area (Å²) in [5.74, 6) is 1.51. The summed E-state index contributed by atoms with van der Waals surface area (Å²) in [6.07, 6.45) is 2.88. The molecule has 27 heavy (non-hydrogen) atoms. The Morgan fingerprint density at radius 2 is 1.89 bits per heavy atom. The largest absolute Gasteiger partial charge is 0.467 e. The second kappa shape index (κ2) is 9.34. The Hall–Kier alpha value is -1.18. The van der Waals surface area contributed by atoms with Gasteiger partial charge in [0.1, 0.15) is 5.76 Å². The van der Waals surface area contributed by atoms with Crippen molar-refractivity contribution in [2.75, 3.05) is 46.1 Å². The van der Waals surface area contributed by atoms with E-state index in [2.05, 4.69) is 50.4 Å². The Balaban J connectivity index is 1.51. The number of benzene rings is 1. The van der Waals surface area contributed by atoms with Crippen molar-refractivity contribution in [3.05, 3.63) is 58.5 Å². The molecule has 2 aliphatic rings. The van der Waals surface area contributed by atoms with Crippen molar-refractivity contribution in [3.8, 4) is 0 Å². The summed E-state index contributed by atoms with van der Waals surface area (Å²) in [4.78, 5) is 2.57. The van der Waals surface area contributed by atoms with Gasteiger partial charge in [0.25, 0.3) is 0 Å². The molecule has 0 amide bonds. The molecule has 2 saturated heterocycles. The van der Waals surface area contributed by atoms with E-state index in [0.717, 1.165) is 62.7 Å². The van der Waals surface area contributed by atoms with Gasteiger partial charge in [0.15, 0.2) is 0 Å². The van der Waals surface area contributed by atoms with E-state index in [0.29, 0.717) is 12.0 Å². The summed E-state index contributed by atoms with van der Waals surface area (Å²) in [6, 6.07) is 12.9. The molecule has 0 bridgehead atoms. The fourth-order valence-corrected chi connectivity index (χ4v) is 4.36. The molecule has 2 aromatic rings. The highest BCUT2D eigenvalue weighted by molar-refractivity contribution is 9.10. The number of hydrogen-bond donors (Lipinski definition) is 1. The van der Waals surface area contributed by atoms with Gasteiger partial charge in [-0.15, -0.1) is 0 Å². The van der Waals surface area contributed by atoms with Gasteiger partial charge in [0.2, 0.25) is 0 Å². The predicted octanol–water partition coefficient (Wildman–Crippen LogP) is 3.46. The quantitative estimate of drug-likeness (QED) is 0.722. The van der Waals surface area contributed by atoms with Crippen molar-refractivity contribution in [1.82, 2.24) is 10.2 Å². The third-order valence-corrected chi connectivity index (χ3v) is 6.11. The summed E-state index contributed by atoms with van der Waals surface area (Å²) in [5, 5.41) is 3.79. The second-order valence-electron chi connectivity index (χ2n) is 7.25. The van der Waals surface area contributed by atoms with Crippen LogP contribution in [-0.2, 0) is 9.47 Å². The summed E-state index contributed by atoms with van der Waals surface area (Å²) >= 11 is 3.53. The lowest BCUT2D eigenvalue weighted by atomic mass is 9.95. The highest BCUT2D eigenvalue weighted by atomic mass is 79.9. The molecule has 2 fully saturated rings. The average Bonchev–Trinajstić information content (AvgIpc) is 3.41. The van der Waals surface area contributed by atoms with Gasteiger partial charge in [-0.3, -0.25) is 4.90 Å². The lowest BCUT2D eigenvalue weighted by Gasteiger charge is -2.38. The molecule has 0 aliphatic carbocycles. The Morgan fingerprint density at radius 3 is 2.56 bits per heavy atom. The fraction of sp³-hybridized carbons (Fsp3) is 0.524. The van der Waals surface area contributed by atoms with E-state index >= 15 is 0 Å². The molecule has 1 N–H and O–H groups in total. The number of rotatable bonds is 7. The molecule has 2 aliphatic heterocycles. The highest BCUT2D eigenvalue weighted by Crippen LogP contribution is 2.26. The van der Waals surface area contributed by atoms with Crippen molar-refractivity contribution in [2.24, 2.45) is 5.92 Å². The van der Waals surface area contributed by atoms with Crippen LogP contribution in [0.25, 0.3) is 0 Å². The molecule has 3 heterocycles. The molecule has 5 nitrogen and oxygen atoms in total. The van der Waals surface area contributed by atoms with E-state index in [1.807, 2.05) is 12.1 Å². The van der Waals surface area contributed by atoms with Crippen molar-refractivity contribution >= 4 is 15.9 Å². The summed E-state index contributed by atoms with van der Waals surface area (Å²) in [7, 11) is 0. The third kappa shape index (κ3) is 4.81. The van der Waals surface area contributed by atoms with Gasteiger partial charge >= 0.3 is 0 Å². The van der Waals surface area contributed by atoms with Crippen LogP contribution in [-0.4, -0.2) is 57.0 Å². The summed E-state index contributed by atoms with van der Waals surface area (Å²) in [5.41, 5.74) is 1.21. The van der Waals surface area contributed by atoms with E-state index < -0.39 is 0 Å². The Morgan fingerprint density at radius 1 is 1.07 bits per heavy atom. The van der Waals surface area contributed by atoms with Crippen molar-refractivity contribution in [2.45, 2.75) is 18.5 Å². The van der Waals surface area contributed by atoms with Crippen LogP contribution in [0.2, 0.25) is 0 Å². The fourth-order valence-electron chi connectivity index (χ4n) is 4.09. The van der Waals surface area contributed by atoms with Crippen LogP contribution in [0, 0.1) is 5.92 Å². The van der Waals surface area contributed by atoms with Crippen LogP contribution in [0.3, 0.4) is 0 Å². The van der Waals surface area contributed by atoms with Crippen molar-refractivity contribution in [1.29, 1.82) is 0 Å². The predicted molar refractivity (Wildman–Crippen MR) is 108 cm³/mol. The van der Waals surface area contributed by atoms with Gasteiger partial charge < -0.3 is 19.2 Å². The van der Waals surface area contributed by atoms with Gasteiger partial charge in [0, 0.05) is 42.7 Å². The van der Waals surface area contributed by atoms with E-state index in [4.69, 9.17) is 13.9 Å². The van der Waals surface area contributed by atoms with Crippen molar-refractivity contribution < 1.29 is 13.9 Å². The topological polar surface area (TPSA) is 46.9 Å².